The van der Waals surface area contributed by atoms with E-state index in [4.69, 9.17) is 21.3 Å². The van der Waals surface area contributed by atoms with Crippen molar-refractivity contribution in [3.05, 3.63) is 124 Å². The molecule has 0 N–H and O–H groups in total. The minimum atomic E-state index is -0.820. The van der Waals surface area contributed by atoms with Crippen molar-refractivity contribution >= 4 is 52.4 Å². The van der Waals surface area contributed by atoms with Crippen molar-refractivity contribution in [3.8, 4) is 17.1 Å². The van der Waals surface area contributed by atoms with Crippen molar-refractivity contribution in [2.45, 2.75) is 50.3 Å². The first kappa shape index (κ1) is 35.8. The number of fused-ring (bicyclic) bond motifs is 1. The molecule has 0 fully saturated rings. The maximum Gasteiger partial charge on any atom is 0.271 e. The van der Waals surface area contributed by atoms with E-state index in [9.17, 15) is 19.7 Å². The zero-order chi connectivity index (χ0) is 36.4. The summed E-state index contributed by atoms with van der Waals surface area (Å²) in [5.41, 5.74) is 2.23. The summed E-state index contributed by atoms with van der Waals surface area (Å²) in [6, 6.07) is 18.3. The van der Waals surface area contributed by atoms with Crippen LogP contribution in [0.1, 0.15) is 44.9 Å². The van der Waals surface area contributed by atoms with Crippen molar-refractivity contribution in [3.63, 3.8) is 0 Å². The lowest BCUT2D eigenvalue weighted by atomic mass is 9.94. The molecular formula is C36H34ClN7O5S2. The van der Waals surface area contributed by atoms with Crippen LogP contribution >= 0.6 is 34.7 Å². The fourth-order valence-corrected chi connectivity index (χ4v) is 8.25. The van der Waals surface area contributed by atoms with Crippen molar-refractivity contribution in [1.82, 2.24) is 24.2 Å². The van der Waals surface area contributed by atoms with Gasteiger partial charge in [-0.3, -0.25) is 24.3 Å². The molecule has 1 aliphatic rings. The van der Waals surface area contributed by atoms with Crippen molar-refractivity contribution < 1.29 is 14.5 Å². The molecule has 1 aliphatic heterocycles. The number of thiazole rings is 1. The number of carbonyl (C=O) groups is 1. The number of rotatable bonds is 11. The van der Waals surface area contributed by atoms with Crippen LogP contribution in [0, 0.1) is 10.1 Å². The van der Waals surface area contributed by atoms with Crippen LogP contribution in [0.5, 0.6) is 5.75 Å². The first-order valence-electron chi connectivity index (χ1n) is 16.2. The normalized spacial score (nSPS) is 14.3. The quantitative estimate of drug-likeness (QED) is 0.117. The van der Waals surface area contributed by atoms with Crippen LogP contribution in [-0.4, -0.2) is 55.3 Å². The predicted molar refractivity (Wildman–Crippen MR) is 198 cm³/mol. The Bertz CT molecular complexity index is 2380. The standard InChI is InChI=1S/C36H34ClN7O5S2/c1-6-41(7-2)34(46)30-21(4)38-35-43(31(30)26-14-9-10-15-27(26)49-5)33(45)29(51-35)20-23-19-25(44(47)48)16-17-28(23)50-36-40-39-32(42(36)8-3)22-12-11-13-24(37)18-22/h9-20,31H,6-8H2,1-5H3/b29-20-/t31-/m1/s1. The maximum atomic E-state index is 14.5. The van der Waals surface area contributed by atoms with Gasteiger partial charge in [0.05, 0.1) is 27.8 Å². The van der Waals surface area contributed by atoms with Crippen LogP contribution in [0.2, 0.25) is 5.02 Å². The molecule has 0 bridgehead atoms. The molecule has 262 valence electrons. The molecule has 1 atom stereocenters. The second-order valence-corrected chi connectivity index (χ2v) is 13.9. The number of hydrogen-bond acceptors (Lipinski definition) is 10. The van der Waals surface area contributed by atoms with Crippen LogP contribution < -0.4 is 19.6 Å². The number of nitrogens with zero attached hydrogens (tertiary/aromatic N) is 7. The zero-order valence-corrected chi connectivity index (χ0v) is 30.9. The molecule has 3 aromatic carbocycles. The van der Waals surface area contributed by atoms with Gasteiger partial charge in [0.25, 0.3) is 17.2 Å². The van der Waals surface area contributed by atoms with E-state index < -0.39 is 16.5 Å². The van der Waals surface area contributed by atoms with Crippen molar-refractivity contribution in [2.75, 3.05) is 20.2 Å². The van der Waals surface area contributed by atoms with Crippen molar-refractivity contribution in [2.24, 2.45) is 4.99 Å². The van der Waals surface area contributed by atoms with Gasteiger partial charge in [-0.15, -0.1) is 10.2 Å². The Morgan fingerprint density at radius 3 is 2.55 bits per heavy atom. The van der Waals surface area contributed by atoms with E-state index in [1.165, 1.54) is 28.5 Å². The molecule has 0 aliphatic carbocycles. The number of nitro groups is 1. The number of likely N-dealkylation sites (N-methyl/N-ethyl adjacent to an activating group) is 1. The van der Waals surface area contributed by atoms with E-state index in [1.54, 1.807) is 43.2 Å². The molecule has 15 heteroatoms. The van der Waals surface area contributed by atoms with E-state index in [1.807, 2.05) is 61.7 Å². The number of carbonyl (C=O) groups excluding carboxylic acids is 1. The minimum absolute atomic E-state index is 0.134. The highest BCUT2D eigenvalue weighted by molar-refractivity contribution is 7.99. The van der Waals surface area contributed by atoms with Crippen LogP contribution in [0.15, 0.2) is 97.8 Å². The Morgan fingerprint density at radius 2 is 1.86 bits per heavy atom. The summed E-state index contributed by atoms with van der Waals surface area (Å²) in [5.74, 6) is 0.924. The summed E-state index contributed by atoms with van der Waals surface area (Å²) >= 11 is 8.68. The molecule has 1 amide bonds. The SMILES string of the molecule is CCN(CC)C(=O)C1=C(C)N=c2s/c(=C\c3cc([N+](=O)[O-])ccc3Sc3nnc(-c4cccc(Cl)c4)n3CC)c(=O)n2[C@@H]1c1ccccc1OC. The zero-order valence-electron chi connectivity index (χ0n) is 28.5. The van der Waals surface area contributed by atoms with E-state index in [0.717, 1.165) is 16.9 Å². The number of ether oxygens (including phenoxy) is 1. The second kappa shape index (κ2) is 15.1. The lowest BCUT2D eigenvalue weighted by Gasteiger charge is -2.29. The Kier molecular flexibility index (Phi) is 10.6. The third-order valence-corrected chi connectivity index (χ3v) is 10.8. The molecule has 0 radical (unpaired) electrons. The van der Waals surface area contributed by atoms with E-state index in [-0.39, 0.29) is 16.1 Å². The Hall–Kier alpha value is -5.05. The molecule has 0 unspecified atom stereocenters. The third kappa shape index (κ3) is 6.86. The third-order valence-electron chi connectivity index (χ3n) is 8.54. The monoisotopic (exact) mass is 743 g/mol. The summed E-state index contributed by atoms with van der Waals surface area (Å²) in [6.45, 7) is 9.06. The van der Waals surface area contributed by atoms with Gasteiger partial charge in [0.1, 0.15) is 11.8 Å². The van der Waals surface area contributed by atoms with Gasteiger partial charge >= 0.3 is 0 Å². The van der Waals surface area contributed by atoms with Crippen molar-refractivity contribution in [1.29, 1.82) is 0 Å². The molecule has 0 spiro atoms. The van der Waals surface area contributed by atoms with E-state index >= 15 is 0 Å². The smallest absolute Gasteiger partial charge is 0.271 e. The molecule has 12 nitrogen and oxygen atoms in total. The van der Waals surface area contributed by atoms with Gasteiger partial charge in [0.2, 0.25) is 0 Å². The molecule has 0 saturated carbocycles. The summed E-state index contributed by atoms with van der Waals surface area (Å²) in [7, 11) is 1.55. The van der Waals surface area contributed by atoms with Gasteiger partial charge in [0, 0.05) is 52.8 Å². The second-order valence-electron chi connectivity index (χ2n) is 11.4. The lowest BCUT2D eigenvalue weighted by Crippen LogP contribution is -2.43. The average molecular weight is 744 g/mol. The number of benzene rings is 3. The van der Waals surface area contributed by atoms with Crippen LogP contribution in [0.25, 0.3) is 17.5 Å². The number of methoxy groups -OCH3 is 1. The molecule has 6 rings (SSSR count). The highest BCUT2D eigenvalue weighted by Crippen LogP contribution is 2.37. The molecule has 5 aromatic rings. The fraction of sp³-hybridized carbons (Fsp3) is 0.250. The summed E-state index contributed by atoms with van der Waals surface area (Å²) in [6.07, 6.45) is 1.63. The number of halogens is 1. The molecular weight excluding hydrogens is 710 g/mol. The highest BCUT2D eigenvalue weighted by Gasteiger charge is 2.35. The predicted octanol–water partition coefficient (Wildman–Crippen LogP) is 6.10. The van der Waals surface area contributed by atoms with Gasteiger partial charge in [-0.1, -0.05) is 53.3 Å². The first-order chi connectivity index (χ1) is 24.6. The average Bonchev–Trinajstić information content (AvgIpc) is 3.67. The number of hydrogen-bond donors (Lipinski definition) is 0. The van der Waals surface area contributed by atoms with Crippen LogP contribution in [-0.2, 0) is 11.3 Å². The number of para-hydroxylation sites is 1. The molecule has 3 heterocycles. The van der Waals surface area contributed by atoms with Gasteiger partial charge in [-0.25, -0.2) is 4.99 Å². The minimum Gasteiger partial charge on any atom is -0.496 e. The highest BCUT2D eigenvalue weighted by atomic mass is 35.5. The Morgan fingerprint density at radius 1 is 1.10 bits per heavy atom. The largest absolute Gasteiger partial charge is 0.496 e. The number of amides is 1. The van der Waals surface area contributed by atoms with E-state index in [0.29, 0.717) is 73.5 Å². The molecule has 51 heavy (non-hydrogen) atoms. The number of nitro benzene ring substituents is 1. The first-order valence-corrected chi connectivity index (χ1v) is 18.2. The van der Waals surface area contributed by atoms with Gasteiger partial charge in [0.15, 0.2) is 15.8 Å². The van der Waals surface area contributed by atoms with Gasteiger partial charge < -0.3 is 14.2 Å². The van der Waals surface area contributed by atoms with Gasteiger partial charge in [-0.2, -0.15) is 0 Å². The fourth-order valence-electron chi connectivity index (χ4n) is 6.05. The molecule has 2 aromatic heterocycles. The number of non-ortho nitro benzene ring substituents is 1. The number of aromatic nitrogens is 4. The number of allylic oxidation sites excluding steroid dienone is 1. The summed E-state index contributed by atoms with van der Waals surface area (Å²) in [4.78, 5) is 47.4. The van der Waals surface area contributed by atoms with Gasteiger partial charge in [-0.05, 0) is 75.4 Å². The molecule has 0 saturated heterocycles. The maximum absolute atomic E-state index is 14.5. The Balaban J connectivity index is 1.52. The summed E-state index contributed by atoms with van der Waals surface area (Å²) in [5, 5.41) is 21.9. The lowest BCUT2D eigenvalue weighted by molar-refractivity contribution is -0.384. The topological polar surface area (TPSA) is 138 Å². The van der Waals surface area contributed by atoms with Crippen LogP contribution in [0.3, 0.4) is 0 Å². The Labute approximate surface area is 306 Å². The van der Waals surface area contributed by atoms with E-state index in [2.05, 4.69) is 10.2 Å². The van der Waals surface area contributed by atoms with Crippen LogP contribution in [0.4, 0.5) is 5.69 Å². The summed E-state index contributed by atoms with van der Waals surface area (Å²) < 4.78 is 9.45.